The van der Waals surface area contributed by atoms with Gasteiger partial charge in [0.15, 0.2) is 0 Å². The Bertz CT molecular complexity index is 547. The number of aryl methyl sites for hydroxylation is 1. The van der Waals surface area contributed by atoms with E-state index in [2.05, 4.69) is 39.9 Å². The molecule has 2 N–H and O–H groups in total. The van der Waals surface area contributed by atoms with Gasteiger partial charge in [0.05, 0.1) is 0 Å². The highest BCUT2D eigenvalue weighted by molar-refractivity contribution is 5.62. The molecule has 0 aliphatic carbocycles. The van der Waals surface area contributed by atoms with Crippen LogP contribution in [0.2, 0.25) is 0 Å². The van der Waals surface area contributed by atoms with Crippen LogP contribution in [0.4, 0.5) is 5.69 Å². The molecule has 0 bridgehead atoms. The highest BCUT2D eigenvalue weighted by Gasteiger charge is 2.12. The Balaban J connectivity index is 1.65. The van der Waals surface area contributed by atoms with Gasteiger partial charge >= 0.3 is 0 Å². The number of aromatic nitrogens is 2. The summed E-state index contributed by atoms with van der Waals surface area (Å²) in [6, 6.07) is 6.75. The number of rotatable bonds is 4. The monoisotopic (exact) mass is 272 g/mol. The van der Waals surface area contributed by atoms with Gasteiger partial charge in [-0.15, -0.1) is 10.2 Å². The summed E-state index contributed by atoms with van der Waals surface area (Å²) in [6.07, 6.45) is 5.24. The molecule has 2 heterocycles. The highest BCUT2D eigenvalue weighted by atomic mass is 16.4. The first-order valence-corrected chi connectivity index (χ1v) is 7.17. The Kier molecular flexibility index (Phi) is 3.97. The molecule has 5 heteroatoms. The molecule has 0 amide bonds. The molecule has 1 aliphatic rings. The first-order chi connectivity index (χ1) is 9.83. The molecule has 1 aromatic carbocycles. The van der Waals surface area contributed by atoms with Crippen LogP contribution in [-0.2, 0) is 0 Å². The maximum absolute atomic E-state index is 5.22. The summed E-state index contributed by atoms with van der Waals surface area (Å²) in [7, 11) is 0. The number of nitrogens with zero attached hydrogens (tertiary/aromatic N) is 2. The van der Waals surface area contributed by atoms with Gasteiger partial charge in [0.1, 0.15) is 0 Å². The smallest absolute Gasteiger partial charge is 0.247 e. The van der Waals surface area contributed by atoms with E-state index in [0.717, 1.165) is 18.7 Å². The molecule has 1 atom stereocenters. The minimum atomic E-state index is 0.564. The second kappa shape index (κ2) is 6.05. The van der Waals surface area contributed by atoms with Crippen LogP contribution in [0.3, 0.4) is 0 Å². The zero-order chi connectivity index (χ0) is 13.8. The normalized spacial score (nSPS) is 18.9. The third kappa shape index (κ3) is 2.99. The van der Waals surface area contributed by atoms with Crippen molar-refractivity contribution >= 4 is 5.69 Å². The number of benzene rings is 1. The van der Waals surface area contributed by atoms with E-state index in [1.807, 2.05) is 6.07 Å². The molecule has 0 saturated carbocycles. The van der Waals surface area contributed by atoms with Crippen molar-refractivity contribution in [3.8, 4) is 11.5 Å². The molecule has 0 radical (unpaired) electrons. The van der Waals surface area contributed by atoms with Gasteiger partial charge in [-0.05, 0) is 50.1 Å². The Morgan fingerprint density at radius 3 is 3.05 bits per heavy atom. The van der Waals surface area contributed by atoms with Crippen LogP contribution in [0.15, 0.2) is 29.0 Å². The van der Waals surface area contributed by atoms with Crippen molar-refractivity contribution in [2.24, 2.45) is 0 Å². The second-order valence-corrected chi connectivity index (χ2v) is 5.30. The maximum atomic E-state index is 5.22. The standard InChI is InChI=1S/C15H20N4O/c1-11-8-12(15-19-18-10-20-15)5-6-14(11)17-9-13-4-2-3-7-16-13/h5-6,8,10,13,16-17H,2-4,7,9H2,1H3. The highest BCUT2D eigenvalue weighted by Crippen LogP contribution is 2.23. The van der Waals surface area contributed by atoms with Crippen LogP contribution in [0, 0.1) is 6.92 Å². The summed E-state index contributed by atoms with van der Waals surface area (Å²) >= 11 is 0. The van der Waals surface area contributed by atoms with E-state index >= 15 is 0 Å². The predicted octanol–water partition coefficient (Wildman–Crippen LogP) is 2.60. The quantitative estimate of drug-likeness (QED) is 0.895. The Hall–Kier alpha value is -1.88. The summed E-state index contributed by atoms with van der Waals surface area (Å²) in [6.45, 7) is 4.21. The van der Waals surface area contributed by atoms with E-state index in [4.69, 9.17) is 4.42 Å². The zero-order valence-electron chi connectivity index (χ0n) is 11.7. The molecule has 1 aliphatic heterocycles. The third-order valence-electron chi connectivity index (χ3n) is 3.78. The summed E-state index contributed by atoms with van der Waals surface area (Å²) in [5, 5.41) is 14.7. The minimum absolute atomic E-state index is 0.564. The van der Waals surface area contributed by atoms with Crippen molar-refractivity contribution in [3.05, 3.63) is 30.2 Å². The van der Waals surface area contributed by atoms with Gasteiger partial charge in [0, 0.05) is 23.8 Å². The van der Waals surface area contributed by atoms with Crippen LogP contribution in [0.5, 0.6) is 0 Å². The van der Waals surface area contributed by atoms with Crippen LogP contribution in [-0.4, -0.2) is 29.3 Å². The molecule has 1 aromatic heterocycles. The number of anilines is 1. The van der Waals surface area contributed by atoms with E-state index in [1.165, 1.54) is 36.9 Å². The average molecular weight is 272 g/mol. The zero-order valence-corrected chi connectivity index (χ0v) is 11.7. The van der Waals surface area contributed by atoms with Gasteiger partial charge < -0.3 is 15.1 Å². The lowest BCUT2D eigenvalue weighted by Crippen LogP contribution is -2.39. The van der Waals surface area contributed by atoms with Crippen LogP contribution < -0.4 is 10.6 Å². The largest absolute Gasteiger partial charge is 0.423 e. The summed E-state index contributed by atoms with van der Waals surface area (Å²) in [5.74, 6) is 0.564. The summed E-state index contributed by atoms with van der Waals surface area (Å²) < 4.78 is 5.22. The van der Waals surface area contributed by atoms with E-state index in [1.54, 1.807) is 0 Å². The van der Waals surface area contributed by atoms with Gasteiger partial charge in [-0.3, -0.25) is 0 Å². The van der Waals surface area contributed by atoms with Crippen LogP contribution >= 0.6 is 0 Å². The van der Waals surface area contributed by atoms with Crippen LogP contribution in [0.25, 0.3) is 11.5 Å². The minimum Gasteiger partial charge on any atom is -0.423 e. The first-order valence-electron chi connectivity index (χ1n) is 7.17. The fourth-order valence-corrected chi connectivity index (χ4v) is 2.63. The van der Waals surface area contributed by atoms with Gasteiger partial charge in [-0.2, -0.15) is 0 Å². The SMILES string of the molecule is Cc1cc(-c2nnco2)ccc1NCC1CCCCN1. The van der Waals surface area contributed by atoms with Gasteiger partial charge in [-0.25, -0.2) is 0 Å². The molecule has 5 nitrogen and oxygen atoms in total. The van der Waals surface area contributed by atoms with Crippen LogP contribution in [0.1, 0.15) is 24.8 Å². The van der Waals surface area contributed by atoms with E-state index in [9.17, 15) is 0 Å². The molecule has 1 saturated heterocycles. The summed E-state index contributed by atoms with van der Waals surface area (Å²) in [5.41, 5.74) is 3.32. The molecule has 106 valence electrons. The molecule has 2 aromatic rings. The number of nitrogens with one attached hydrogen (secondary N) is 2. The van der Waals surface area contributed by atoms with Gasteiger partial charge in [0.25, 0.3) is 0 Å². The molecule has 1 fully saturated rings. The number of piperidine rings is 1. The topological polar surface area (TPSA) is 63.0 Å². The van der Waals surface area contributed by atoms with Crippen molar-refractivity contribution in [1.82, 2.24) is 15.5 Å². The molecule has 1 unspecified atom stereocenters. The van der Waals surface area contributed by atoms with E-state index in [0.29, 0.717) is 11.9 Å². The van der Waals surface area contributed by atoms with Crippen molar-refractivity contribution in [2.75, 3.05) is 18.4 Å². The van der Waals surface area contributed by atoms with E-state index in [-0.39, 0.29) is 0 Å². The Morgan fingerprint density at radius 1 is 1.40 bits per heavy atom. The number of hydrogen-bond donors (Lipinski definition) is 2. The first kappa shape index (κ1) is 13.1. The second-order valence-electron chi connectivity index (χ2n) is 5.30. The molecule has 20 heavy (non-hydrogen) atoms. The lowest BCUT2D eigenvalue weighted by Gasteiger charge is -2.24. The molecular weight excluding hydrogens is 252 g/mol. The Labute approximate surface area is 118 Å². The van der Waals surface area contributed by atoms with Gasteiger partial charge in [0.2, 0.25) is 12.3 Å². The lowest BCUT2D eigenvalue weighted by molar-refractivity contribution is 0.414. The molecule has 0 spiro atoms. The number of hydrogen-bond acceptors (Lipinski definition) is 5. The van der Waals surface area contributed by atoms with Crippen molar-refractivity contribution in [3.63, 3.8) is 0 Å². The van der Waals surface area contributed by atoms with E-state index < -0.39 is 0 Å². The fraction of sp³-hybridized carbons (Fsp3) is 0.467. The third-order valence-corrected chi connectivity index (χ3v) is 3.78. The fourth-order valence-electron chi connectivity index (χ4n) is 2.63. The molecule has 3 rings (SSSR count). The maximum Gasteiger partial charge on any atom is 0.247 e. The van der Waals surface area contributed by atoms with Crippen molar-refractivity contribution in [1.29, 1.82) is 0 Å². The molecular formula is C15H20N4O. The average Bonchev–Trinajstić information content (AvgIpc) is 3.01. The lowest BCUT2D eigenvalue weighted by atomic mass is 10.0. The van der Waals surface area contributed by atoms with Crippen molar-refractivity contribution < 1.29 is 4.42 Å². The van der Waals surface area contributed by atoms with Gasteiger partial charge in [-0.1, -0.05) is 6.42 Å². The van der Waals surface area contributed by atoms with Crippen molar-refractivity contribution in [2.45, 2.75) is 32.2 Å². The Morgan fingerprint density at radius 2 is 2.35 bits per heavy atom. The summed E-state index contributed by atoms with van der Waals surface area (Å²) in [4.78, 5) is 0. The predicted molar refractivity (Wildman–Crippen MR) is 78.6 cm³/mol.